The van der Waals surface area contributed by atoms with E-state index < -0.39 is 17.7 Å². The number of nitrogens with zero attached hydrogens (tertiary/aromatic N) is 2. The maximum absolute atomic E-state index is 13.2. The summed E-state index contributed by atoms with van der Waals surface area (Å²) in [6.45, 7) is 9.88. The lowest BCUT2D eigenvalue weighted by molar-refractivity contribution is -0.140. The second-order valence-corrected chi connectivity index (χ2v) is 8.52. The number of hydrogen-bond acceptors (Lipinski definition) is 6. The van der Waals surface area contributed by atoms with Crippen LogP contribution in [0.3, 0.4) is 0 Å². The average molecular weight is 481 g/mol. The minimum absolute atomic E-state index is 0.0932. The van der Waals surface area contributed by atoms with E-state index in [1.165, 1.54) is 0 Å². The van der Waals surface area contributed by atoms with E-state index in [0.29, 0.717) is 30.2 Å². The normalized spacial score (nSPS) is 17.3. The Balaban J connectivity index is 2.03. The van der Waals surface area contributed by atoms with Gasteiger partial charge in [-0.25, -0.2) is 0 Å². The van der Waals surface area contributed by atoms with Crippen LogP contribution in [0.2, 0.25) is 0 Å². The van der Waals surface area contributed by atoms with Gasteiger partial charge in [-0.15, -0.1) is 0 Å². The van der Waals surface area contributed by atoms with E-state index in [1.54, 1.807) is 36.3 Å². The van der Waals surface area contributed by atoms with E-state index in [4.69, 9.17) is 9.47 Å². The maximum Gasteiger partial charge on any atom is 0.295 e. The molecule has 2 aromatic carbocycles. The highest BCUT2D eigenvalue weighted by molar-refractivity contribution is 6.46. The zero-order chi connectivity index (χ0) is 25.4. The Morgan fingerprint density at radius 1 is 1.03 bits per heavy atom. The van der Waals surface area contributed by atoms with Crippen LogP contribution in [0.1, 0.15) is 50.8 Å². The SMILES string of the molecule is CCCOc1cccc(C2/C(=C(\O)c3ccc(OC)cc3)C(=O)C(=O)N2CCCN(CC)CC)c1. The summed E-state index contributed by atoms with van der Waals surface area (Å²) in [5.74, 6) is -0.157. The minimum Gasteiger partial charge on any atom is -0.507 e. The van der Waals surface area contributed by atoms with Crippen molar-refractivity contribution in [3.8, 4) is 11.5 Å². The third-order valence-electron chi connectivity index (χ3n) is 6.32. The van der Waals surface area contributed by atoms with Gasteiger partial charge in [0.2, 0.25) is 0 Å². The summed E-state index contributed by atoms with van der Waals surface area (Å²) in [6, 6.07) is 13.5. The van der Waals surface area contributed by atoms with Crippen LogP contribution in [0.4, 0.5) is 0 Å². The summed E-state index contributed by atoms with van der Waals surface area (Å²) < 4.78 is 11.0. The van der Waals surface area contributed by atoms with Gasteiger partial charge in [-0.1, -0.05) is 32.9 Å². The average Bonchev–Trinajstić information content (AvgIpc) is 3.14. The fourth-order valence-corrected chi connectivity index (χ4v) is 4.36. The number of likely N-dealkylation sites (tertiary alicyclic amines) is 1. The first-order valence-electron chi connectivity index (χ1n) is 12.3. The lowest BCUT2D eigenvalue weighted by Crippen LogP contribution is -2.33. The molecular formula is C28H36N2O5. The number of ketones is 1. The second kappa shape index (κ2) is 12.4. The Labute approximate surface area is 207 Å². The molecular weight excluding hydrogens is 444 g/mol. The van der Waals surface area contributed by atoms with Crippen molar-refractivity contribution in [3.05, 3.63) is 65.2 Å². The third-order valence-corrected chi connectivity index (χ3v) is 6.32. The number of carbonyl (C=O) groups excluding carboxylic acids is 2. The zero-order valence-electron chi connectivity index (χ0n) is 21.1. The minimum atomic E-state index is -0.695. The lowest BCUT2D eigenvalue weighted by Gasteiger charge is -2.27. The molecule has 0 saturated carbocycles. The van der Waals surface area contributed by atoms with Crippen molar-refractivity contribution in [1.29, 1.82) is 0 Å². The molecule has 0 spiro atoms. The molecule has 1 amide bonds. The van der Waals surface area contributed by atoms with Crippen molar-refractivity contribution in [2.24, 2.45) is 0 Å². The van der Waals surface area contributed by atoms with Crippen LogP contribution in [-0.2, 0) is 9.59 Å². The van der Waals surface area contributed by atoms with Crippen LogP contribution in [0.15, 0.2) is 54.1 Å². The van der Waals surface area contributed by atoms with Crippen molar-refractivity contribution in [2.45, 2.75) is 39.7 Å². The second-order valence-electron chi connectivity index (χ2n) is 8.52. The summed E-state index contributed by atoms with van der Waals surface area (Å²) in [6.07, 6.45) is 1.59. The first kappa shape index (κ1) is 26.3. The molecule has 0 aliphatic carbocycles. The molecule has 1 saturated heterocycles. The van der Waals surface area contributed by atoms with Crippen molar-refractivity contribution < 1.29 is 24.2 Å². The van der Waals surface area contributed by atoms with Crippen molar-refractivity contribution in [1.82, 2.24) is 9.80 Å². The molecule has 2 aromatic rings. The largest absolute Gasteiger partial charge is 0.507 e. The number of methoxy groups -OCH3 is 1. The first-order valence-corrected chi connectivity index (χ1v) is 12.3. The van der Waals surface area contributed by atoms with Crippen molar-refractivity contribution in [3.63, 3.8) is 0 Å². The number of aliphatic hydroxyl groups is 1. The van der Waals surface area contributed by atoms with Gasteiger partial charge < -0.3 is 24.4 Å². The van der Waals surface area contributed by atoms with Gasteiger partial charge in [-0.05, 0) is 74.4 Å². The Morgan fingerprint density at radius 3 is 2.37 bits per heavy atom. The molecule has 7 nitrogen and oxygen atoms in total. The van der Waals surface area contributed by atoms with Crippen LogP contribution in [0.25, 0.3) is 5.76 Å². The first-order chi connectivity index (χ1) is 16.9. The van der Waals surface area contributed by atoms with E-state index in [-0.39, 0.29) is 11.3 Å². The molecule has 1 aliphatic heterocycles. The Kier molecular flexibility index (Phi) is 9.32. The van der Waals surface area contributed by atoms with Crippen LogP contribution in [0.5, 0.6) is 11.5 Å². The maximum atomic E-state index is 13.2. The van der Waals surface area contributed by atoms with E-state index in [0.717, 1.165) is 38.0 Å². The molecule has 188 valence electrons. The third kappa shape index (κ3) is 6.03. The number of hydrogen-bond donors (Lipinski definition) is 1. The Hall–Kier alpha value is -3.32. The molecule has 1 fully saturated rings. The van der Waals surface area contributed by atoms with Gasteiger partial charge in [0.1, 0.15) is 17.3 Å². The predicted octanol–water partition coefficient (Wildman–Crippen LogP) is 4.64. The number of rotatable bonds is 12. The van der Waals surface area contributed by atoms with E-state index >= 15 is 0 Å². The number of Topliss-reactive ketones (excluding diaryl/α,β-unsaturated/α-hetero) is 1. The standard InChI is InChI=1S/C28H36N2O5/c1-5-18-35-23-11-8-10-21(19-23)25-24(26(31)20-12-14-22(34-4)15-13-20)27(32)28(33)30(25)17-9-16-29(6-2)7-3/h8,10-15,19,25,31H,5-7,9,16-18H2,1-4H3/b26-24+. The van der Waals surface area contributed by atoms with Gasteiger partial charge in [0.05, 0.1) is 25.3 Å². The van der Waals surface area contributed by atoms with E-state index in [2.05, 4.69) is 18.7 Å². The van der Waals surface area contributed by atoms with Crippen LogP contribution in [-0.4, -0.2) is 66.5 Å². The van der Waals surface area contributed by atoms with Crippen molar-refractivity contribution in [2.75, 3.05) is 39.9 Å². The number of benzene rings is 2. The number of amides is 1. The molecule has 0 aromatic heterocycles. The fourth-order valence-electron chi connectivity index (χ4n) is 4.36. The fraction of sp³-hybridized carbons (Fsp3) is 0.429. The van der Waals surface area contributed by atoms with Gasteiger partial charge in [0.15, 0.2) is 0 Å². The molecule has 1 unspecified atom stereocenters. The molecule has 0 bridgehead atoms. The number of ether oxygens (including phenoxy) is 2. The van der Waals surface area contributed by atoms with Gasteiger partial charge in [-0.2, -0.15) is 0 Å². The molecule has 1 atom stereocenters. The lowest BCUT2D eigenvalue weighted by atomic mass is 9.95. The van der Waals surface area contributed by atoms with Gasteiger partial charge in [-0.3, -0.25) is 9.59 Å². The molecule has 1 N–H and O–H groups in total. The van der Waals surface area contributed by atoms with Gasteiger partial charge in [0.25, 0.3) is 11.7 Å². The highest BCUT2D eigenvalue weighted by Gasteiger charge is 2.45. The smallest absolute Gasteiger partial charge is 0.295 e. The Bertz CT molecular complexity index is 1040. The molecule has 3 rings (SSSR count). The molecule has 35 heavy (non-hydrogen) atoms. The zero-order valence-corrected chi connectivity index (χ0v) is 21.1. The summed E-state index contributed by atoms with van der Waals surface area (Å²) in [5, 5.41) is 11.2. The summed E-state index contributed by atoms with van der Waals surface area (Å²) in [5.41, 5.74) is 1.28. The number of aliphatic hydroxyl groups excluding tert-OH is 1. The highest BCUT2D eigenvalue weighted by atomic mass is 16.5. The molecule has 1 heterocycles. The molecule has 0 radical (unpaired) electrons. The summed E-state index contributed by atoms with van der Waals surface area (Å²) in [4.78, 5) is 30.3. The topological polar surface area (TPSA) is 79.3 Å². The summed E-state index contributed by atoms with van der Waals surface area (Å²) in [7, 11) is 1.56. The van der Waals surface area contributed by atoms with Crippen LogP contribution in [0, 0.1) is 0 Å². The van der Waals surface area contributed by atoms with E-state index in [1.807, 2.05) is 31.2 Å². The highest BCUT2D eigenvalue weighted by Crippen LogP contribution is 2.40. The van der Waals surface area contributed by atoms with Crippen LogP contribution >= 0.6 is 0 Å². The predicted molar refractivity (Wildman–Crippen MR) is 137 cm³/mol. The van der Waals surface area contributed by atoms with Gasteiger partial charge >= 0.3 is 0 Å². The van der Waals surface area contributed by atoms with Crippen LogP contribution < -0.4 is 9.47 Å². The molecule has 7 heteroatoms. The quantitative estimate of drug-likeness (QED) is 0.271. The monoisotopic (exact) mass is 480 g/mol. The van der Waals surface area contributed by atoms with Gasteiger partial charge in [0, 0.05) is 12.1 Å². The number of carbonyl (C=O) groups is 2. The van der Waals surface area contributed by atoms with Crippen molar-refractivity contribution >= 4 is 17.4 Å². The molecule has 1 aliphatic rings. The Morgan fingerprint density at radius 2 is 1.74 bits per heavy atom. The summed E-state index contributed by atoms with van der Waals surface area (Å²) >= 11 is 0. The van der Waals surface area contributed by atoms with E-state index in [9.17, 15) is 14.7 Å².